The van der Waals surface area contributed by atoms with Gasteiger partial charge in [-0.2, -0.15) is 0 Å². The summed E-state index contributed by atoms with van der Waals surface area (Å²) >= 11 is 13.5. The lowest BCUT2D eigenvalue weighted by Gasteiger charge is -2.19. The van der Waals surface area contributed by atoms with Crippen LogP contribution in [-0.4, -0.2) is 0 Å². The summed E-state index contributed by atoms with van der Waals surface area (Å²) in [6.07, 6.45) is 5.97. The van der Waals surface area contributed by atoms with E-state index >= 15 is 0 Å². The first-order valence-electron chi connectivity index (χ1n) is 6.28. The Labute approximate surface area is 118 Å². The summed E-state index contributed by atoms with van der Waals surface area (Å²) in [7, 11) is 0. The van der Waals surface area contributed by atoms with Crippen LogP contribution in [0.4, 0.5) is 0 Å². The van der Waals surface area contributed by atoms with Crippen LogP contribution < -0.4 is 5.73 Å². The van der Waals surface area contributed by atoms with E-state index in [9.17, 15) is 0 Å². The molecule has 1 nitrogen and oxygen atoms in total. The van der Waals surface area contributed by atoms with E-state index in [1.54, 1.807) is 0 Å². The summed E-state index contributed by atoms with van der Waals surface area (Å²) < 4.78 is 1.47. The van der Waals surface area contributed by atoms with Gasteiger partial charge in [0.25, 0.3) is 0 Å². The Morgan fingerprint density at radius 2 is 2.06 bits per heavy atom. The summed E-state index contributed by atoms with van der Waals surface area (Å²) in [6, 6.07) is 1.93. The highest BCUT2D eigenvalue weighted by molar-refractivity contribution is 7.20. The Morgan fingerprint density at radius 1 is 1.35 bits per heavy atom. The molecule has 0 aromatic carbocycles. The fourth-order valence-corrected chi connectivity index (χ4v) is 3.67. The van der Waals surface area contributed by atoms with E-state index in [1.807, 2.05) is 6.07 Å². The van der Waals surface area contributed by atoms with Gasteiger partial charge in [0.1, 0.15) is 0 Å². The van der Waals surface area contributed by atoms with Crippen LogP contribution in [0.3, 0.4) is 0 Å². The largest absolute Gasteiger partial charge is 0.324 e. The topological polar surface area (TPSA) is 26.0 Å². The number of nitrogens with two attached hydrogens (primary N) is 1. The van der Waals surface area contributed by atoms with Gasteiger partial charge in [-0.05, 0) is 24.0 Å². The van der Waals surface area contributed by atoms with Gasteiger partial charge in [0, 0.05) is 6.04 Å². The number of halogens is 2. The summed E-state index contributed by atoms with van der Waals surface area (Å²) in [5.74, 6) is 0.694. The van der Waals surface area contributed by atoms with E-state index in [1.165, 1.54) is 37.0 Å². The number of hydrogen-bond acceptors (Lipinski definition) is 2. The fraction of sp³-hybridized carbons (Fsp3) is 0.692. The Hall–Kier alpha value is 0.240. The molecule has 2 unspecified atom stereocenters. The van der Waals surface area contributed by atoms with Crippen molar-refractivity contribution in [3.63, 3.8) is 0 Å². The molecule has 2 atom stereocenters. The highest BCUT2D eigenvalue weighted by atomic mass is 35.5. The standard InChI is InChI=1S/C13H21Cl2NS/c1-3-5-6-9(4-2)7-11(16)10-8-12(14)17-13(10)15/h8-9,11H,3-7,16H2,1-2H3. The Morgan fingerprint density at radius 3 is 2.53 bits per heavy atom. The molecule has 0 fully saturated rings. The SMILES string of the molecule is CCCCC(CC)CC(N)c1cc(Cl)sc1Cl. The Kier molecular flexibility index (Phi) is 6.86. The molecule has 4 heteroatoms. The van der Waals surface area contributed by atoms with E-state index in [2.05, 4.69) is 13.8 Å². The van der Waals surface area contributed by atoms with Crippen molar-refractivity contribution in [3.8, 4) is 0 Å². The van der Waals surface area contributed by atoms with E-state index < -0.39 is 0 Å². The summed E-state index contributed by atoms with van der Waals surface area (Å²) in [5.41, 5.74) is 7.23. The van der Waals surface area contributed by atoms with Crippen molar-refractivity contribution in [3.05, 3.63) is 20.3 Å². The molecule has 0 aliphatic heterocycles. The monoisotopic (exact) mass is 293 g/mol. The minimum Gasteiger partial charge on any atom is -0.324 e. The molecular formula is C13H21Cl2NS. The predicted octanol–water partition coefficient (Wildman–Crippen LogP) is 5.66. The summed E-state index contributed by atoms with van der Waals surface area (Å²) in [5, 5.41) is 0. The zero-order valence-electron chi connectivity index (χ0n) is 10.5. The van der Waals surface area contributed by atoms with Crippen LogP contribution in [-0.2, 0) is 0 Å². The normalized spacial score (nSPS) is 14.9. The molecule has 0 saturated heterocycles. The minimum atomic E-state index is 0.0213. The molecule has 1 rings (SSSR count). The highest BCUT2D eigenvalue weighted by Gasteiger charge is 2.17. The zero-order chi connectivity index (χ0) is 12.8. The molecule has 0 aliphatic carbocycles. The van der Waals surface area contributed by atoms with E-state index in [0.717, 1.165) is 20.7 Å². The van der Waals surface area contributed by atoms with Gasteiger partial charge < -0.3 is 5.73 Å². The quantitative estimate of drug-likeness (QED) is 0.689. The molecule has 0 aliphatic rings. The Balaban J connectivity index is 2.57. The molecular weight excluding hydrogens is 273 g/mol. The molecule has 1 heterocycles. The van der Waals surface area contributed by atoms with Crippen LogP contribution in [0.5, 0.6) is 0 Å². The lowest BCUT2D eigenvalue weighted by atomic mass is 9.90. The smallest absolute Gasteiger partial charge is 0.0991 e. The summed E-state index contributed by atoms with van der Waals surface area (Å²) in [6.45, 7) is 4.46. The molecule has 17 heavy (non-hydrogen) atoms. The third kappa shape index (κ3) is 4.78. The van der Waals surface area contributed by atoms with Crippen molar-refractivity contribution in [1.82, 2.24) is 0 Å². The van der Waals surface area contributed by atoms with Gasteiger partial charge in [0.05, 0.1) is 8.67 Å². The van der Waals surface area contributed by atoms with Crippen LogP contribution in [0.2, 0.25) is 8.67 Å². The molecule has 2 N–H and O–H groups in total. The second-order valence-electron chi connectivity index (χ2n) is 4.54. The number of rotatable bonds is 7. The second kappa shape index (κ2) is 7.63. The van der Waals surface area contributed by atoms with Crippen LogP contribution in [0, 0.1) is 5.92 Å². The maximum Gasteiger partial charge on any atom is 0.0991 e. The number of hydrogen-bond donors (Lipinski definition) is 1. The maximum absolute atomic E-state index is 6.22. The van der Waals surface area contributed by atoms with Crippen molar-refractivity contribution in [2.75, 3.05) is 0 Å². The Bertz CT molecular complexity index is 338. The lowest BCUT2D eigenvalue weighted by molar-refractivity contribution is 0.389. The molecule has 0 saturated carbocycles. The van der Waals surface area contributed by atoms with Crippen molar-refractivity contribution < 1.29 is 0 Å². The summed E-state index contributed by atoms with van der Waals surface area (Å²) in [4.78, 5) is 0. The first-order chi connectivity index (χ1) is 8.08. The third-order valence-corrected chi connectivity index (χ3v) is 4.73. The van der Waals surface area contributed by atoms with Gasteiger partial charge in [-0.3, -0.25) is 0 Å². The first kappa shape index (κ1) is 15.3. The predicted molar refractivity (Wildman–Crippen MR) is 79.2 cm³/mol. The van der Waals surface area contributed by atoms with E-state index in [4.69, 9.17) is 28.9 Å². The van der Waals surface area contributed by atoms with Gasteiger partial charge in [0.15, 0.2) is 0 Å². The lowest BCUT2D eigenvalue weighted by Crippen LogP contribution is -2.15. The average Bonchev–Trinajstić information content (AvgIpc) is 2.63. The van der Waals surface area contributed by atoms with Crippen LogP contribution in [0.25, 0.3) is 0 Å². The highest BCUT2D eigenvalue weighted by Crippen LogP contribution is 2.37. The van der Waals surface area contributed by atoms with Crippen LogP contribution in [0.15, 0.2) is 6.07 Å². The zero-order valence-corrected chi connectivity index (χ0v) is 12.8. The molecule has 98 valence electrons. The molecule has 0 radical (unpaired) electrons. The van der Waals surface area contributed by atoms with Crippen molar-refractivity contribution >= 4 is 34.5 Å². The van der Waals surface area contributed by atoms with E-state index in [0.29, 0.717) is 5.92 Å². The third-order valence-electron chi connectivity index (χ3n) is 3.21. The second-order valence-corrected chi connectivity index (χ2v) is 6.82. The molecule has 0 spiro atoms. The molecule has 0 amide bonds. The average molecular weight is 294 g/mol. The van der Waals surface area contributed by atoms with Gasteiger partial charge in [-0.1, -0.05) is 62.7 Å². The van der Waals surface area contributed by atoms with Gasteiger partial charge >= 0.3 is 0 Å². The minimum absolute atomic E-state index is 0.0213. The molecule has 1 aromatic rings. The molecule has 0 bridgehead atoms. The van der Waals surface area contributed by atoms with Crippen molar-refractivity contribution in [1.29, 1.82) is 0 Å². The number of unbranched alkanes of at least 4 members (excludes halogenated alkanes) is 1. The van der Waals surface area contributed by atoms with Gasteiger partial charge in [0.2, 0.25) is 0 Å². The molecule has 1 aromatic heterocycles. The maximum atomic E-state index is 6.22. The first-order valence-corrected chi connectivity index (χ1v) is 7.86. The van der Waals surface area contributed by atoms with Gasteiger partial charge in [-0.15, -0.1) is 11.3 Å². The van der Waals surface area contributed by atoms with E-state index in [-0.39, 0.29) is 6.04 Å². The van der Waals surface area contributed by atoms with Crippen molar-refractivity contribution in [2.45, 2.75) is 52.0 Å². The van der Waals surface area contributed by atoms with Crippen molar-refractivity contribution in [2.24, 2.45) is 11.7 Å². The van der Waals surface area contributed by atoms with Gasteiger partial charge in [-0.25, -0.2) is 0 Å². The number of thiophene rings is 1. The fourth-order valence-electron chi connectivity index (χ4n) is 2.07. The van der Waals surface area contributed by atoms with Crippen LogP contribution in [0.1, 0.15) is 57.6 Å². The van der Waals surface area contributed by atoms with Crippen LogP contribution >= 0.6 is 34.5 Å².